The quantitative estimate of drug-likeness (QED) is 0.748. The van der Waals surface area contributed by atoms with Crippen LogP contribution in [0.2, 0.25) is 0 Å². The SMILES string of the molecule is COC(=O)C1(CN(C)Cc2ccccc2C)CC1. The highest BCUT2D eigenvalue weighted by atomic mass is 16.5. The molecule has 0 spiro atoms. The number of ether oxygens (including phenoxy) is 1. The molecule has 1 saturated carbocycles. The van der Waals surface area contributed by atoms with E-state index in [1.165, 1.54) is 18.2 Å². The monoisotopic (exact) mass is 247 g/mol. The van der Waals surface area contributed by atoms with Crippen molar-refractivity contribution in [1.29, 1.82) is 0 Å². The van der Waals surface area contributed by atoms with E-state index >= 15 is 0 Å². The number of methoxy groups -OCH3 is 1. The van der Waals surface area contributed by atoms with Gasteiger partial charge in [0.05, 0.1) is 12.5 Å². The van der Waals surface area contributed by atoms with Gasteiger partial charge in [-0.1, -0.05) is 24.3 Å². The summed E-state index contributed by atoms with van der Waals surface area (Å²) in [6.45, 7) is 3.79. The van der Waals surface area contributed by atoms with Crippen LogP contribution in [0.15, 0.2) is 24.3 Å². The Morgan fingerprint density at radius 3 is 2.61 bits per heavy atom. The van der Waals surface area contributed by atoms with Crippen molar-refractivity contribution in [2.45, 2.75) is 26.3 Å². The molecule has 0 unspecified atom stereocenters. The van der Waals surface area contributed by atoms with Crippen LogP contribution in [0.1, 0.15) is 24.0 Å². The highest BCUT2D eigenvalue weighted by Crippen LogP contribution is 2.47. The number of esters is 1. The number of nitrogens with zero attached hydrogens (tertiary/aromatic N) is 1. The first kappa shape index (κ1) is 13.1. The van der Waals surface area contributed by atoms with Crippen LogP contribution in [0.3, 0.4) is 0 Å². The molecule has 0 aliphatic heterocycles. The number of aryl methyl sites for hydroxylation is 1. The minimum Gasteiger partial charge on any atom is -0.469 e. The van der Waals surface area contributed by atoms with Crippen LogP contribution in [-0.2, 0) is 16.1 Å². The second-order valence-electron chi connectivity index (χ2n) is 5.37. The molecule has 0 radical (unpaired) electrons. The van der Waals surface area contributed by atoms with Gasteiger partial charge in [0.15, 0.2) is 0 Å². The smallest absolute Gasteiger partial charge is 0.313 e. The second-order valence-corrected chi connectivity index (χ2v) is 5.37. The molecule has 0 aromatic heterocycles. The molecule has 0 amide bonds. The number of hydrogen-bond donors (Lipinski definition) is 0. The molecular formula is C15H21NO2. The summed E-state index contributed by atoms with van der Waals surface area (Å²) in [6.07, 6.45) is 1.91. The van der Waals surface area contributed by atoms with Crippen molar-refractivity contribution in [3.05, 3.63) is 35.4 Å². The van der Waals surface area contributed by atoms with Gasteiger partial charge in [-0.2, -0.15) is 0 Å². The number of benzene rings is 1. The largest absolute Gasteiger partial charge is 0.469 e. The molecular weight excluding hydrogens is 226 g/mol. The Balaban J connectivity index is 1.96. The maximum Gasteiger partial charge on any atom is 0.313 e. The summed E-state index contributed by atoms with van der Waals surface area (Å²) in [4.78, 5) is 13.9. The average molecular weight is 247 g/mol. The molecule has 1 fully saturated rings. The summed E-state index contributed by atoms with van der Waals surface area (Å²) in [5.74, 6) is -0.0564. The lowest BCUT2D eigenvalue weighted by Crippen LogP contribution is -2.32. The fraction of sp³-hybridized carbons (Fsp3) is 0.533. The number of carbonyl (C=O) groups is 1. The molecule has 0 saturated heterocycles. The van der Waals surface area contributed by atoms with E-state index < -0.39 is 0 Å². The molecule has 18 heavy (non-hydrogen) atoms. The Bertz CT molecular complexity index is 438. The third-order valence-electron chi connectivity index (χ3n) is 3.75. The Morgan fingerprint density at radius 1 is 1.39 bits per heavy atom. The minimum absolute atomic E-state index is 0.0564. The van der Waals surface area contributed by atoms with Crippen molar-refractivity contribution in [1.82, 2.24) is 4.90 Å². The van der Waals surface area contributed by atoms with E-state index in [0.717, 1.165) is 25.9 Å². The zero-order valence-corrected chi connectivity index (χ0v) is 11.4. The highest BCUT2D eigenvalue weighted by molar-refractivity contribution is 5.80. The van der Waals surface area contributed by atoms with Crippen molar-refractivity contribution < 1.29 is 9.53 Å². The lowest BCUT2D eigenvalue weighted by atomic mass is 10.1. The van der Waals surface area contributed by atoms with Crippen LogP contribution in [0.25, 0.3) is 0 Å². The van der Waals surface area contributed by atoms with Crippen LogP contribution < -0.4 is 0 Å². The summed E-state index contributed by atoms with van der Waals surface area (Å²) in [5.41, 5.74) is 2.39. The summed E-state index contributed by atoms with van der Waals surface area (Å²) in [5, 5.41) is 0. The molecule has 3 nitrogen and oxygen atoms in total. The first-order valence-corrected chi connectivity index (χ1v) is 6.39. The van der Waals surface area contributed by atoms with Crippen LogP contribution in [0, 0.1) is 12.3 Å². The minimum atomic E-state index is -0.230. The van der Waals surface area contributed by atoms with Crippen molar-refractivity contribution in [3.63, 3.8) is 0 Å². The van der Waals surface area contributed by atoms with E-state index in [1.54, 1.807) is 0 Å². The predicted molar refractivity (Wildman–Crippen MR) is 71.2 cm³/mol. The van der Waals surface area contributed by atoms with Crippen molar-refractivity contribution in [2.75, 3.05) is 20.7 Å². The number of hydrogen-bond acceptors (Lipinski definition) is 3. The summed E-state index contributed by atoms with van der Waals surface area (Å²) >= 11 is 0. The van der Waals surface area contributed by atoms with E-state index in [9.17, 15) is 4.79 Å². The molecule has 0 heterocycles. The molecule has 1 aromatic rings. The number of rotatable bonds is 5. The molecule has 3 heteroatoms. The van der Waals surface area contributed by atoms with Gasteiger partial charge < -0.3 is 9.64 Å². The van der Waals surface area contributed by atoms with E-state index in [2.05, 4.69) is 43.1 Å². The van der Waals surface area contributed by atoms with Gasteiger partial charge in [-0.15, -0.1) is 0 Å². The topological polar surface area (TPSA) is 29.5 Å². The van der Waals surface area contributed by atoms with Crippen molar-refractivity contribution in [2.24, 2.45) is 5.41 Å². The predicted octanol–water partition coefficient (Wildman–Crippen LogP) is 2.38. The van der Waals surface area contributed by atoms with E-state index in [4.69, 9.17) is 4.74 Å². The fourth-order valence-corrected chi connectivity index (χ4v) is 2.45. The van der Waals surface area contributed by atoms with Gasteiger partial charge in [-0.05, 0) is 37.9 Å². The molecule has 0 N–H and O–H groups in total. The first-order chi connectivity index (χ1) is 8.57. The summed E-state index contributed by atoms with van der Waals surface area (Å²) < 4.78 is 4.89. The molecule has 98 valence electrons. The van der Waals surface area contributed by atoms with Gasteiger partial charge in [0.1, 0.15) is 0 Å². The van der Waals surface area contributed by atoms with Crippen LogP contribution in [-0.4, -0.2) is 31.6 Å². The van der Waals surface area contributed by atoms with Crippen molar-refractivity contribution in [3.8, 4) is 0 Å². The number of carbonyl (C=O) groups excluding carboxylic acids is 1. The Kier molecular flexibility index (Phi) is 3.71. The Morgan fingerprint density at radius 2 is 2.06 bits per heavy atom. The molecule has 1 aliphatic rings. The van der Waals surface area contributed by atoms with Gasteiger partial charge in [-0.3, -0.25) is 4.79 Å². The zero-order valence-electron chi connectivity index (χ0n) is 11.4. The lowest BCUT2D eigenvalue weighted by molar-refractivity contribution is -0.147. The molecule has 0 atom stereocenters. The third-order valence-corrected chi connectivity index (χ3v) is 3.75. The van der Waals surface area contributed by atoms with Crippen LogP contribution >= 0.6 is 0 Å². The maximum absolute atomic E-state index is 11.7. The summed E-state index contributed by atoms with van der Waals surface area (Å²) in [6, 6.07) is 8.37. The Hall–Kier alpha value is -1.35. The first-order valence-electron chi connectivity index (χ1n) is 6.39. The van der Waals surface area contributed by atoms with E-state index in [-0.39, 0.29) is 11.4 Å². The molecule has 2 rings (SSSR count). The molecule has 0 bridgehead atoms. The van der Waals surface area contributed by atoms with Gasteiger partial charge in [0.2, 0.25) is 0 Å². The van der Waals surface area contributed by atoms with Crippen molar-refractivity contribution >= 4 is 5.97 Å². The second kappa shape index (κ2) is 5.11. The third kappa shape index (κ3) is 2.72. The Labute approximate surface area is 109 Å². The van der Waals surface area contributed by atoms with E-state index in [0.29, 0.717) is 0 Å². The standard InChI is InChI=1S/C15H21NO2/c1-12-6-4-5-7-13(12)10-16(2)11-15(8-9-15)14(17)18-3/h4-7H,8-11H2,1-3H3. The normalized spacial score (nSPS) is 16.7. The molecule has 1 aromatic carbocycles. The fourth-order valence-electron chi connectivity index (χ4n) is 2.45. The van der Waals surface area contributed by atoms with Crippen LogP contribution in [0.5, 0.6) is 0 Å². The highest BCUT2D eigenvalue weighted by Gasteiger charge is 2.51. The van der Waals surface area contributed by atoms with Crippen LogP contribution in [0.4, 0.5) is 0 Å². The van der Waals surface area contributed by atoms with E-state index in [1.807, 2.05) is 0 Å². The zero-order chi connectivity index (χ0) is 13.2. The van der Waals surface area contributed by atoms with Gasteiger partial charge in [0.25, 0.3) is 0 Å². The van der Waals surface area contributed by atoms with Gasteiger partial charge >= 0.3 is 5.97 Å². The average Bonchev–Trinajstić information content (AvgIpc) is 3.12. The summed E-state index contributed by atoms with van der Waals surface area (Å²) in [7, 11) is 3.54. The maximum atomic E-state index is 11.7. The molecule has 1 aliphatic carbocycles. The lowest BCUT2D eigenvalue weighted by Gasteiger charge is -2.22. The van der Waals surface area contributed by atoms with Gasteiger partial charge in [0, 0.05) is 13.1 Å². The van der Waals surface area contributed by atoms with Gasteiger partial charge in [-0.25, -0.2) is 0 Å².